The fourth-order valence-corrected chi connectivity index (χ4v) is 9.35. The Labute approximate surface area is 418 Å². The van der Waals surface area contributed by atoms with E-state index in [2.05, 4.69) is 41.5 Å². The lowest BCUT2D eigenvalue weighted by Crippen LogP contribution is -2.30. The number of carbonyl (C=O) groups is 3. The first-order valence-electron chi connectivity index (χ1n) is 30.1. The number of hydrogen-bond donors (Lipinski definition) is 0. The first kappa shape index (κ1) is 65.4. The molecule has 398 valence electrons. The molecule has 0 aliphatic carbocycles. The van der Waals surface area contributed by atoms with Gasteiger partial charge in [-0.05, 0) is 37.0 Å². The minimum atomic E-state index is -0.764. The molecule has 0 spiro atoms. The zero-order valence-corrected chi connectivity index (χ0v) is 46.2. The molecule has 0 bridgehead atoms. The summed E-state index contributed by atoms with van der Waals surface area (Å²) in [6.07, 6.45) is 55.4. The number of rotatable bonds is 54. The van der Waals surface area contributed by atoms with Crippen LogP contribution in [0.5, 0.6) is 0 Å². The SMILES string of the molecule is CC(C)CCCCCCCCCCCCCCCCCCCCC(=O)OC[C@H](COC(=O)CCCCCCCCCCCCCCCCCC(C)C)OC(=O)CCCCCCCCCC(C)C. The van der Waals surface area contributed by atoms with Crippen LogP contribution in [0.25, 0.3) is 0 Å². The van der Waals surface area contributed by atoms with E-state index in [9.17, 15) is 14.4 Å². The van der Waals surface area contributed by atoms with Gasteiger partial charge in [0.05, 0.1) is 0 Å². The minimum absolute atomic E-state index is 0.0640. The smallest absolute Gasteiger partial charge is 0.306 e. The van der Waals surface area contributed by atoms with E-state index >= 15 is 0 Å². The molecule has 67 heavy (non-hydrogen) atoms. The zero-order chi connectivity index (χ0) is 49.1. The zero-order valence-electron chi connectivity index (χ0n) is 46.2. The molecule has 0 aromatic rings. The first-order chi connectivity index (χ1) is 32.6. The second-order valence-corrected chi connectivity index (χ2v) is 22.4. The number of unbranched alkanes of at least 4 members (excludes halogenated alkanes) is 37. The fourth-order valence-electron chi connectivity index (χ4n) is 9.35. The first-order valence-corrected chi connectivity index (χ1v) is 30.1. The number of hydrogen-bond acceptors (Lipinski definition) is 6. The third-order valence-electron chi connectivity index (χ3n) is 13.9. The molecule has 0 aliphatic rings. The van der Waals surface area contributed by atoms with Crippen LogP contribution in [0.4, 0.5) is 0 Å². The van der Waals surface area contributed by atoms with Crippen molar-refractivity contribution < 1.29 is 28.6 Å². The molecule has 0 unspecified atom stereocenters. The maximum Gasteiger partial charge on any atom is 0.306 e. The molecule has 0 fully saturated rings. The van der Waals surface area contributed by atoms with Gasteiger partial charge in [-0.2, -0.15) is 0 Å². The summed E-state index contributed by atoms with van der Waals surface area (Å²) >= 11 is 0. The topological polar surface area (TPSA) is 78.9 Å². The van der Waals surface area contributed by atoms with Crippen molar-refractivity contribution in [1.82, 2.24) is 0 Å². The quantitative estimate of drug-likeness (QED) is 0.0343. The van der Waals surface area contributed by atoms with E-state index < -0.39 is 6.10 Å². The van der Waals surface area contributed by atoms with Crippen LogP contribution in [-0.2, 0) is 28.6 Å². The Morgan fingerprint density at radius 2 is 0.433 bits per heavy atom. The molecule has 0 saturated heterocycles. The van der Waals surface area contributed by atoms with E-state index in [0.29, 0.717) is 19.3 Å². The summed E-state index contributed by atoms with van der Waals surface area (Å²) in [7, 11) is 0. The van der Waals surface area contributed by atoms with Gasteiger partial charge in [-0.1, -0.05) is 298 Å². The van der Waals surface area contributed by atoms with Crippen molar-refractivity contribution in [1.29, 1.82) is 0 Å². The van der Waals surface area contributed by atoms with E-state index in [1.807, 2.05) is 0 Å². The summed E-state index contributed by atoms with van der Waals surface area (Å²) < 4.78 is 16.9. The minimum Gasteiger partial charge on any atom is -0.462 e. The van der Waals surface area contributed by atoms with Gasteiger partial charge < -0.3 is 14.2 Å². The average molecular weight is 948 g/mol. The summed E-state index contributed by atoms with van der Waals surface area (Å²) in [5, 5.41) is 0. The van der Waals surface area contributed by atoms with Crippen molar-refractivity contribution in [2.45, 2.75) is 343 Å². The van der Waals surface area contributed by atoms with E-state index in [1.54, 1.807) is 0 Å². The number of esters is 3. The predicted molar refractivity (Wildman–Crippen MR) is 289 cm³/mol. The molecule has 0 radical (unpaired) electrons. The highest BCUT2D eigenvalue weighted by Gasteiger charge is 2.19. The van der Waals surface area contributed by atoms with Crippen molar-refractivity contribution in [3.8, 4) is 0 Å². The lowest BCUT2D eigenvalue weighted by molar-refractivity contribution is -0.167. The van der Waals surface area contributed by atoms with Gasteiger partial charge in [0.1, 0.15) is 13.2 Å². The van der Waals surface area contributed by atoms with Gasteiger partial charge in [0.15, 0.2) is 6.10 Å². The Morgan fingerprint density at radius 3 is 0.642 bits per heavy atom. The maximum absolute atomic E-state index is 12.8. The van der Waals surface area contributed by atoms with Crippen molar-refractivity contribution in [3.63, 3.8) is 0 Å². The van der Waals surface area contributed by atoms with Gasteiger partial charge in [0.25, 0.3) is 0 Å². The second-order valence-electron chi connectivity index (χ2n) is 22.4. The van der Waals surface area contributed by atoms with E-state index in [-0.39, 0.29) is 31.1 Å². The van der Waals surface area contributed by atoms with E-state index in [4.69, 9.17) is 14.2 Å². The van der Waals surface area contributed by atoms with Gasteiger partial charge in [0.2, 0.25) is 0 Å². The monoisotopic (exact) mass is 947 g/mol. The summed E-state index contributed by atoms with van der Waals surface area (Å²) in [6.45, 7) is 13.7. The van der Waals surface area contributed by atoms with Crippen LogP contribution in [0.2, 0.25) is 0 Å². The Hall–Kier alpha value is -1.59. The molecule has 6 nitrogen and oxygen atoms in total. The standard InChI is InChI=1S/C61H118O6/c1-55(2)47-41-35-29-24-20-16-12-9-7-8-10-14-18-22-26-32-38-44-50-59(62)65-53-58(67-61(64)52-46-40-34-28-31-37-43-49-57(5)6)54-66-60(63)51-45-39-33-27-23-19-15-11-13-17-21-25-30-36-42-48-56(3)4/h55-58H,7-54H2,1-6H3/t58-/m1/s1. The van der Waals surface area contributed by atoms with Crippen LogP contribution >= 0.6 is 0 Å². The highest BCUT2D eigenvalue weighted by atomic mass is 16.6. The highest BCUT2D eigenvalue weighted by molar-refractivity contribution is 5.71. The average Bonchev–Trinajstić information content (AvgIpc) is 3.29. The molecule has 0 aromatic heterocycles. The largest absolute Gasteiger partial charge is 0.462 e. The molecule has 0 aromatic carbocycles. The van der Waals surface area contributed by atoms with Gasteiger partial charge >= 0.3 is 17.9 Å². The lowest BCUT2D eigenvalue weighted by Gasteiger charge is -2.18. The third-order valence-corrected chi connectivity index (χ3v) is 13.9. The van der Waals surface area contributed by atoms with Gasteiger partial charge in [-0.25, -0.2) is 0 Å². The molecule has 0 amide bonds. The lowest BCUT2D eigenvalue weighted by atomic mass is 10.0. The van der Waals surface area contributed by atoms with Crippen LogP contribution in [0.3, 0.4) is 0 Å². The number of ether oxygens (including phenoxy) is 3. The Balaban J connectivity index is 4.18. The Morgan fingerprint density at radius 1 is 0.254 bits per heavy atom. The van der Waals surface area contributed by atoms with Crippen molar-refractivity contribution in [2.24, 2.45) is 17.8 Å². The van der Waals surface area contributed by atoms with Crippen molar-refractivity contribution in [3.05, 3.63) is 0 Å². The third kappa shape index (κ3) is 55.2. The number of carbonyl (C=O) groups excluding carboxylic acids is 3. The van der Waals surface area contributed by atoms with Crippen LogP contribution < -0.4 is 0 Å². The van der Waals surface area contributed by atoms with Gasteiger partial charge in [0, 0.05) is 19.3 Å². The molecule has 0 aliphatic heterocycles. The molecule has 0 N–H and O–H groups in total. The normalized spacial score (nSPS) is 12.1. The fraction of sp³-hybridized carbons (Fsp3) is 0.951. The van der Waals surface area contributed by atoms with Crippen LogP contribution in [0.1, 0.15) is 337 Å². The summed E-state index contributed by atoms with van der Waals surface area (Å²) in [6, 6.07) is 0. The summed E-state index contributed by atoms with van der Waals surface area (Å²) in [5.41, 5.74) is 0. The molecule has 0 heterocycles. The molecule has 6 heteroatoms. The summed E-state index contributed by atoms with van der Waals surface area (Å²) in [5.74, 6) is 1.64. The van der Waals surface area contributed by atoms with Crippen molar-refractivity contribution in [2.75, 3.05) is 13.2 Å². The van der Waals surface area contributed by atoms with Crippen LogP contribution in [0.15, 0.2) is 0 Å². The highest BCUT2D eigenvalue weighted by Crippen LogP contribution is 2.19. The molecular weight excluding hydrogens is 829 g/mol. The molecule has 0 rings (SSSR count). The van der Waals surface area contributed by atoms with Gasteiger partial charge in [-0.15, -0.1) is 0 Å². The van der Waals surface area contributed by atoms with Crippen molar-refractivity contribution >= 4 is 17.9 Å². The van der Waals surface area contributed by atoms with Gasteiger partial charge in [-0.3, -0.25) is 14.4 Å². The van der Waals surface area contributed by atoms with Crippen LogP contribution in [-0.4, -0.2) is 37.2 Å². The molecule has 1 atom stereocenters. The Bertz CT molecular complexity index is 1040. The molecular formula is C61H118O6. The van der Waals surface area contributed by atoms with E-state index in [1.165, 1.54) is 218 Å². The second kappa shape index (κ2) is 52.2. The molecule has 0 saturated carbocycles. The predicted octanol–water partition coefficient (Wildman–Crippen LogP) is 19.9. The Kier molecular flexibility index (Phi) is 51.0. The maximum atomic E-state index is 12.8. The summed E-state index contributed by atoms with van der Waals surface area (Å²) in [4.78, 5) is 38.1. The van der Waals surface area contributed by atoms with Crippen LogP contribution in [0, 0.1) is 17.8 Å². The van der Waals surface area contributed by atoms with E-state index in [0.717, 1.165) is 75.5 Å².